The van der Waals surface area contributed by atoms with Crippen LogP contribution in [0.1, 0.15) is 33.5 Å². The number of ether oxygens (including phenoxy) is 3. The van der Waals surface area contributed by atoms with Gasteiger partial charge in [-0.05, 0) is 48.4 Å². The van der Waals surface area contributed by atoms with Crippen LogP contribution in [0.2, 0.25) is 0 Å². The van der Waals surface area contributed by atoms with Gasteiger partial charge in [0.15, 0.2) is 11.9 Å². The first-order valence-electron chi connectivity index (χ1n) is 10.8. The second kappa shape index (κ2) is 11.8. The Kier molecular flexibility index (Phi) is 8.61. The van der Waals surface area contributed by atoms with E-state index in [2.05, 4.69) is 0 Å². The monoisotopic (exact) mass is 448 g/mol. The summed E-state index contributed by atoms with van der Waals surface area (Å²) in [6.45, 7) is 2.90. The predicted molar refractivity (Wildman–Crippen MR) is 125 cm³/mol. The second-order valence-corrected chi connectivity index (χ2v) is 7.64. The molecule has 3 aromatic rings. The molecule has 3 rings (SSSR count). The number of methoxy groups -OCH3 is 1. The predicted octanol–water partition coefficient (Wildman–Crippen LogP) is 4.72. The van der Waals surface area contributed by atoms with Crippen molar-refractivity contribution < 1.29 is 28.9 Å². The molecule has 33 heavy (non-hydrogen) atoms. The lowest BCUT2D eigenvalue weighted by molar-refractivity contribution is -0.148. The lowest BCUT2D eigenvalue weighted by Crippen LogP contribution is -2.24. The van der Waals surface area contributed by atoms with Gasteiger partial charge in [0, 0.05) is 31.1 Å². The maximum atomic E-state index is 12.4. The van der Waals surface area contributed by atoms with E-state index in [-0.39, 0.29) is 5.78 Å². The molecule has 0 fully saturated rings. The van der Waals surface area contributed by atoms with Gasteiger partial charge in [0.1, 0.15) is 11.5 Å². The number of rotatable bonds is 12. The molecule has 1 N–H and O–H groups in total. The van der Waals surface area contributed by atoms with Gasteiger partial charge in [0.05, 0.1) is 13.2 Å². The van der Waals surface area contributed by atoms with Crippen molar-refractivity contribution in [2.75, 3.05) is 20.3 Å². The fourth-order valence-corrected chi connectivity index (χ4v) is 3.38. The Morgan fingerprint density at radius 3 is 2.18 bits per heavy atom. The van der Waals surface area contributed by atoms with Crippen LogP contribution in [0.25, 0.3) is 0 Å². The molecular formula is C27H28O6. The Labute approximate surface area is 193 Å². The number of carboxylic acid groups (broad SMARTS) is 1. The number of hydrogen-bond donors (Lipinski definition) is 1. The summed E-state index contributed by atoms with van der Waals surface area (Å²) in [6.07, 6.45) is 0.131. The first-order valence-corrected chi connectivity index (χ1v) is 10.8. The van der Waals surface area contributed by atoms with E-state index >= 15 is 0 Å². The van der Waals surface area contributed by atoms with Gasteiger partial charge in [0.2, 0.25) is 0 Å². The smallest absolute Gasteiger partial charge is 0.333 e. The number of carboxylic acids is 1. The van der Waals surface area contributed by atoms with Crippen molar-refractivity contribution in [3.05, 3.63) is 95.1 Å². The molecule has 3 aromatic carbocycles. The molecule has 0 aliphatic heterocycles. The quantitative estimate of drug-likeness (QED) is 0.319. The Morgan fingerprint density at radius 1 is 0.879 bits per heavy atom. The van der Waals surface area contributed by atoms with Gasteiger partial charge in [-0.25, -0.2) is 4.79 Å². The third-order valence-corrected chi connectivity index (χ3v) is 5.19. The van der Waals surface area contributed by atoms with Gasteiger partial charge < -0.3 is 19.3 Å². The fourth-order valence-electron chi connectivity index (χ4n) is 3.38. The molecule has 6 heteroatoms. The average molecular weight is 449 g/mol. The summed E-state index contributed by atoms with van der Waals surface area (Å²) < 4.78 is 16.6. The Bertz CT molecular complexity index is 1060. The van der Waals surface area contributed by atoms with Crippen molar-refractivity contribution in [2.24, 2.45) is 0 Å². The molecule has 172 valence electrons. The molecule has 0 aliphatic carbocycles. The zero-order chi connectivity index (χ0) is 23.6. The Morgan fingerprint density at radius 2 is 1.55 bits per heavy atom. The van der Waals surface area contributed by atoms with Gasteiger partial charge in [-0.2, -0.15) is 0 Å². The van der Waals surface area contributed by atoms with Crippen molar-refractivity contribution in [3.8, 4) is 11.5 Å². The molecule has 0 saturated heterocycles. The average Bonchev–Trinajstić information content (AvgIpc) is 2.83. The van der Waals surface area contributed by atoms with Crippen LogP contribution in [0.15, 0.2) is 72.8 Å². The summed E-state index contributed by atoms with van der Waals surface area (Å²) in [4.78, 5) is 23.6. The molecule has 0 unspecified atom stereocenters. The molecule has 0 aromatic heterocycles. The van der Waals surface area contributed by atoms with Gasteiger partial charge in [-0.15, -0.1) is 0 Å². The van der Waals surface area contributed by atoms with Crippen LogP contribution in [0.4, 0.5) is 0 Å². The molecular weight excluding hydrogens is 420 g/mol. The van der Waals surface area contributed by atoms with E-state index in [1.807, 2.05) is 43.3 Å². The van der Waals surface area contributed by atoms with Crippen LogP contribution in [0, 0.1) is 6.92 Å². The zero-order valence-corrected chi connectivity index (χ0v) is 18.8. The van der Waals surface area contributed by atoms with E-state index in [1.54, 1.807) is 36.4 Å². The SMILES string of the molecule is CO[C@@H](Cc1ccc(OCCCOc2ccc(C(=O)c3ccccc3)cc2)c(C)c1)C(=O)O. The number of benzene rings is 3. The van der Waals surface area contributed by atoms with Crippen molar-refractivity contribution in [1.82, 2.24) is 0 Å². The minimum absolute atomic E-state index is 0.0161. The maximum Gasteiger partial charge on any atom is 0.333 e. The van der Waals surface area contributed by atoms with Crippen molar-refractivity contribution >= 4 is 11.8 Å². The van der Waals surface area contributed by atoms with Crippen LogP contribution < -0.4 is 9.47 Å². The molecule has 0 spiro atoms. The minimum Gasteiger partial charge on any atom is -0.493 e. The van der Waals surface area contributed by atoms with Crippen molar-refractivity contribution in [1.29, 1.82) is 0 Å². The number of carbonyl (C=O) groups is 2. The highest BCUT2D eigenvalue weighted by molar-refractivity contribution is 6.08. The Hall–Kier alpha value is -3.64. The molecule has 0 amide bonds. The molecule has 0 radical (unpaired) electrons. The normalized spacial score (nSPS) is 11.6. The van der Waals surface area contributed by atoms with E-state index in [1.165, 1.54) is 7.11 Å². The van der Waals surface area contributed by atoms with Crippen LogP contribution in [-0.2, 0) is 16.0 Å². The summed E-state index contributed by atoms with van der Waals surface area (Å²) >= 11 is 0. The minimum atomic E-state index is -0.979. The standard InChI is InChI=1S/C27H28O6/c1-19-17-20(18-25(31-2)27(29)30)9-14-24(19)33-16-6-15-32-23-12-10-22(11-13-23)26(28)21-7-4-3-5-8-21/h3-5,7-14,17,25H,6,15-16,18H2,1-2H3,(H,29,30)/t25-/m0/s1. The highest BCUT2D eigenvalue weighted by Gasteiger charge is 2.17. The third-order valence-electron chi connectivity index (χ3n) is 5.19. The van der Waals surface area contributed by atoms with Crippen LogP contribution in [0.3, 0.4) is 0 Å². The number of aryl methyl sites for hydroxylation is 1. The molecule has 0 aliphatic rings. The topological polar surface area (TPSA) is 82.1 Å². The first-order chi connectivity index (χ1) is 16.0. The lowest BCUT2D eigenvalue weighted by Gasteiger charge is -2.13. The summed E-state index contributed by atoms with van der Waals surface area (Å²) in [7, 11) is 1.39. The van der Waals surface area contributed by atoms with Gasteiger partial charge in [0.25, 0.3) is 0 Å². The summed E-state index contributed by atoms with van der Waals surface area (Å²) in [5.41, 5.74) is 3.10. The number of ketones is 1. The number of carbonyl (C=O) groups excluding carboxylic acids is 1. The summed E-state index contributed by atoms with van der Waals surface area (Å²) in [5, 5.41) is 9.12. The van der Waals surface area contributed by atoms with Crippen molar-refractivity contribution in [3.63, 3.8) is 0 Å². The largest absolute Gasteiger partial charge is 0.493 e. The molecule has 1 atom stereocenters. The zero-order valence-electron chi connectivity index (χ0n) is 18.8. The third kappa shape index (κ3) is 6.92. The van der Waals surface area contributed by atoms with Crippen molar-refractivity contribution in [2.45, 2.75) is 25.9 Å². The molecule has 0 saturated carbocycles. The summed E-state index contributed by atoms with van der Waals surface area (Å²) in [6, 6.07) is 21.9. The highest BCUT2D eigenvalue weighted by atomic mass is 16.5. The number of hydrogen-bond acceptors (Lipinski definition) is 5. The van der Waals surface area contributed by atoms with Crippen LogP contribution in [-0.4, -0.2) is 43.3 Å². The van der Waals surface area contributed by atoms with Crippen LogP contribution in [0.5, 0.6) is 11.5 Å². The highest BCUT2D eigenvalue weighted by Crippen LogP contribution is 2.21. The van der Waals surface area contributed by atoms with E-state index in [4.69, 9.17) is 19.3 Å². The molecule has 0 bridgehead atoms. The van der Waals surface area contributed by atoms with E-state index in [0.29, 0.717) is 42.9 Å². The Balaban J connectivity index is 1.42. The van der Waals surface area contributed by atoms with Gasteiger partial charge in [-0.3, -0.25) is 4.79 Å². The van der Waals surface area contributed by atoms with Gasteiger partial charge >= 0.3 is 5.97 Å². The fraction of sp³-hybridized carbons (Fsp3) is 0.259. The first kappa shape index (κ1) is 24.0. The lowest BCUT2D eigenvalue weighted by atomic mass is 10.0. The second-order valence-electron chi connectivity index (χ2n) is 7.64. The molecule has 6 nitrogen and oxygen atoms in total. The molecule has 0 heterocycles. The van der Waals surface area contributed by atoms with E-state index in [9.17, 15) is 9.59 Å². The number of aliphatic carboxylic acids is 1. The summed E-state index contributed by atoms with van der Waals surface area (Å²) in [5.74, 6) is 0.462. The van der Waals surface area contributed by atoms with Crippen LogP contribution >= 0.6 is 0 Å². The van der Waals surface area contributed by atoms with E-state index in [0.717, 1.165) is 16.9 Å². The maximum absolute atomic E-state index is 12.4. The van der Waals surface area contributed by atoms with E-state index < -0.39 is 12.1 Å². The van der Waals surface area contributed by atoms with Gasteiger partial charge in [-0.1, -0.05) is 42.5 Å².